The Morgan fingerprint density at radius 1 is 0.686 bits per heavy atom. The molecule has 35 heavy (non-hydrogen) atoms. The summed E-state index contributed by atoms with van der Waals surface area (Å²) in [6.45, 7) is 2.29. The maximum absolute atomic E-state index is 4.93. The van der Waals surface area contributed by atoms with Crippen molar-refractivity contribution in [3.63, 3.8) is 0 Å². The van der Waals surface area contributed by atoms with Crippen LogP contribution in [-0.4, -0.2) is 0 Å². The zero-order chi connectivity index (χ0) is 23.9. The summed E-state index contributed by atoms with van der Waals surface area (Å²) in [4.78, 5) is 0. The van der Waals surface area contributed by atoms with E-state index in [1.54, 1.807) is 0 Å². The monoisotopic (exact) mass is 586 g/mol. The summed E-state index contributed by atoms with van der Waals surface area (Å²) in [7, 11) is 9.87. The average molecular weight is 589 g/mol. The Labute approximate surface area is 227 Å². The molecular formula is C31H22Cl2SZr-2. The van der Waals surface area contributed by atoms with Gasteiger partial charge in [-0.25, -0.2) is 0 Å². The Hall–Kier alpha value is -1.96. The van der Waals surface area contributed by atoms with Crippen molar-refractivity contribution in [3.8, 4) is 0 Å². The van der Waals surface area contributed by atoms with Crippen LogP contribution < -0.4 is 0 Å². The van der Waals surface area contributed by atoms with Crippen LogP contribution in [0.15, 0.2) is 91.0 Å². The van der Waals surface area contributed by atoms with Crippen LogP contribution in [0.25, 0.3) is 52.5 Å². The molecule has 172 valence electrons. The number of aryl methyl sites for hydroxylation is 3. The molecule has 0 radical (unpaired) electrons. The molecule has 0 saturated carbocycles. The summed E-state index contributed by atoms with van der Waals surface area (Å²) < 4.78 is 2.78. The van der Waals surface area contributed by atoms with Crippen molar-refractivity contribution in [2.24, 2.45) is 0 Å². The molecule has 0 amide bonds. The normalized spacial score (nSPS) is 11.5. The number of thiophene rings is 1. The van der Waals surface area contributed by atoms with Gasteiger partial charge in [0, 0.05) is 4.70 Å². The predicted octanol–water partition coefficient (Wildman–Crippen LogP) is 10.4. The maximum atomic E-state index is 4.93. The Kier molecular flexibility index (Phi) is 6.58. The second-order valence-corrected chi connectivity index (χ2v) is 13.8. The molecule has 0 bridgehead atoms. The Morgan fingerprint density at radius 3 is 1.94 bits per heavy atom. The van der Waals surface area contributed by atoms with Crippen LogP contribution >= 0.6 is 28.4 Å². The van der Waals surface area contributed by atoms with Gasteiger partial charge in [0.25, 0.3) is 0 Å². The van der Waals surface area contributed by atoms with Gasteiger partial charge in [0.05, 0.1) is 0 Å². The molecule has 1 heterocycles. The molecule has 0 nitrogen and oxygen atoms in total. The number of hydrogen-bond acceptors (Lipinski definition) is 1. The zero-order valence-electron chi connectivity index (χ0n) is 19.2. The van der Waals surface area contributed by atoms with Crippen LogP contribution in [0.3, 0.4) is 0 Å². The molecule has 7 rings (SSSR count). The number of benzene rings is 4. The van der Waals surface area contributed by atoms with Gasteiger partial charge in [-0.3, -0.25) is 0 Å². The van der Waals surface area contributed by atoms with E-state index in [0.717, 1.165) is 12.8 Å². The van der Waals surface area contributed by atoms with E-state index in [1.165, 1.54) is 69.2 Å². The Balaban J connectivity index is 0.000000727. The van der Waals surface area contributed by atoms with Crippen LogP contribution in [0.5, 0.6) is 0 Å². The minimum absolute atomic E-state index is 0.826. The molecule has 0 saturated heterocycles. The molecule has 0 aliphatic heterocycles. The van der Waals surface area contributed by atoms with Gasteiger partial charge in [-0.2, -0.15) is 6.07 Å². The van der Waals surface area contributed by atoms with Crippen LogP contribution in [-0.2, 0) is 33.7 Å². The van der Waals surface area contributed by atoms with E-state index >= 15 is 0 Å². The van der Waals surface area contributed by atoms with Crippen molar-refractivity contribution in [3.05, 3.63) is 108 Å². The topological polar surface area (TPSA) is 0 Å². The van der Waals surface area contributed by atoms with E-state index in [2.05, 4.69) is 97.9 Å². The molecule has 0 aliphatic rings. The third kappa shape index (κ3) is 4.00. The molecule has 0 N–H and O–H groups in total. The molecule has 6 aromatic carbocycles. The van der Waals surface area contributed by atoms with E-state index in [-0.39, 0.29) is 0 Å². The summed E-state index contributed by atoms with van der Waals surface area (Å²) in [5.74, 6) is 0. The standard InChI is InChI=1S/C31H22S.2ClH.Zr/c1-19-18-20-14-17-29-31(27-12-6-7-13-28(27)32-29)30(20)21(19)15-16-26-24-10-4-2-8-22(24)23-9-3-5-11-25(23)26;;;/h2-14,17-18H,15-16H2,1H3;2*1H;/q-2;;;+2/p-2. The molecule has 0 spiro atoms. The summed E-state index contributed by atoms with van der Waals surface area (Å²) in [6, 6.07) is 33.7. The van der Waals surface area contributed by atoms with Gasteiger partial charge < -0.3 is 0 Å². The van der Waals surface area contributed by atoms with Crippen molar-refractivity contribution in [2.75, 3.05) is 0 Å². The summed E-state index contributed by atoms with van der Waals surface area (Å²) in [6.07, 6.45) is 2.13. The van der Waals surface area contributed by atoms with Crippen LogP contribution in [0.2, 0.25) is 0 Å². The first-order chi connectivity index (χ1) is 17.2. The number of halogens is 2. The van der Waals surface area contributed by atoms with Gasteiger partial charge in [-0.1, -0.05) is 85.8 Å². The molecule has 4 heteroatoms. The second kappa shape index (κ2) is 9.83. The number of fused-ring (bicyclic) bond motifs is 8. The van der Waals surface area contributed by atoms with E-state index in [4.69, 9.17) is 17.0 Å². The average Bonchev–Trinajstić information content (AvgIpc) is 3.52. The van der Waals surface area contributed by atoms with Gasteiger partial charge in [-0.05, 0) is 16.2 Å². The van der Waals surface area contributed by atoms with Crippen molar-refractivity contribution in [1.82, 2.24) is 0 Å². The summed E-state index contributed by atoms with van der Waals surface area (Å²) in [5.41, 5.74) is 4.43. The van der Waals surface area contributed by atoms with E-state index < -0.39 is 20.8 Å². The number of rotatable bonds is 3. The van der Waals surface area contributed by atoms with E-state index in [0.29, 0.717) is 0 Å². The first-order valence-corrected chi connectivity index (χ1v) is 18.9. The van der Waals surface area contributed by atoms with Gasteiger partial charge >= 0.3 is 37.9 Å². The first kappa shape index (κ1) is 23.4. The Bertz CT molecular complexity index is 1770. The van der Waals surface area contributed by atoms with E-state index in [9.17, 15) is 0 Å². The molecule has 1 aromatic heterocycles. The molecule has 0 atom stereocenters. The Morgan fingerprint density at radius 2 is 1.26 bits per heavy atom. The van der Waals surface area contributed by atoms with Crippen molar-refractivity contribution < 1.29 is 20.8 Å². The van der Waals surface area contributed by atoms with Crippen molar-refractivity contribution in [1.29, 1.82) is 0 Å². The molecule has 7 aromatic rings. The fraction of sp³-hybridized carbons (Fsp3) is 0.0968. The van der Waals surface area contributed by atoms with Crippen LogP contribution in [0.1, 0.15) is 16.7 Å². The molecule has 0 aliphatic carbocycles. The molecule has 0 fully saturated rings. The van der Waals surface area contributed by atoms with Gasteiger partial charge in [0.1, 0.15) is 0 Å². The van der Waals surface area contributed by atoms with Crippen molar-refractivity contribution in [2.45, 2.75) is 19.8 Å². The van der Waals surface area contributed by atoms with Crippen LogP contribution in [0, 0.1) is 6.92 Å². The van der Waals surface area contributed by atoms with Crippen LogP contribution in [0.4, 0.5) is 0 Å². The first-order valence-electron chi connectivity index (χ1n) is 11.7. The van der Waals surface area contributed by atoms with Gasteiger partial charge in [-0.15, -0.1) is 78.5 Å². The third-order valence-electron chi connectivity index (χ3n) is 7.14. The fourth-order valence-electron chi connectivity index (χ4n) is 5.74. The van der Waals surface area contributed by atoms with Gasteiger partial charge in [0.2, 0.25) is 0 Å². The fourth-order valence-corrected chi connectivity index (χ4v) is 6.86. The van der Waals surface area contributed by atoms with E-state index in [1.807, 2.05) is 11.3 Å². The number of hydrogen-bond donors (Lipinski definition) is 0. The zero-order valence-corrected chi connectivity index (χ0v) is 24.0. The summed E-state index contributed by atoms with van der Waals surface area (Å²) in [5, 5.41) is 11.3. The quantitative estimate of drug-likeness (QED) is 0.180. The SMILES string of the molecule is Cc1cc2ccc3sc4ccccc4c3c2[c-]1CC[c-]1c2ccccc2c2ccccc21.[Cl][Zr][Cl]. The molecule has 0 unspecified atom stereocenters. The van der Waals surface area contributed by atoms with Gasteiger partial charge in [0.15, 0.2) is 0 Å². The third-order valence-corrected chi connectivity index (χ3v) is 8.28. The summed E-state index contributed by atoms with van der Waals surface area (Å²) >= 11 is 1.09. The predicted molar refractivity (Wildman–Crippen MR) is 153 cm³/mol. The minimum atomic E-state index is -0.826. The second-order valence-electron chi connectivity index (χ2n) is 8.95. The molecular weight excluding hydrogens is 567 g/mol. The van der Waals surface area contributed by atoms with Crippen molar-refractivity contribution >= 4 is 80.9 Å².